The summed E-state index contributed by atoms with van der Waals surface area (Å²) in [6, 6.07) is 0. The Morgan fingerprint density at radius 2 is 1.43 bits per heavy atom. The van der Waals surface area contributed by atoms with Crippen LogP contribution in [-0.2, 0) is 9.47 Å². The van der Waals surface area contributed by atoms with Gasteiger partial charge in [0.25, 0.3) is 0 Å². The standard InChI is InChI=1S/C14H18O3.2C2H6/c1-5-9-11-13(8-4)17-14(15)16-12(7-3)10-6-2;2*1-2/h6-8,10-11H,2-5,9H2,1H3;2*1-2H3/b12-10+,13-11+;;. The SMILES string of the molecule is C=C/C=C(\C=C)OC(=O)O/C(C=C)=C/CCC.CC.CC. The quantitative estimate of drug-likeness (QED) is 0.313. The van der Waals surface area contributed by atoms with E-state index in [0.717, 1.165) is 12.8 Å². The van der Waals surface area contributed by atoms with Crippen LogP contribution < -0.4 is 0 Å². The molecule has 0 atom stereocenters. The molecule has 0 amide bonds. The minimum Gasteiger partial charge on any atom is -0.395 e. The summed E-state index contributed by atoms with van der Waals surface area (Å²) < 4.78 is 9.81. The predicted octanol–water partition coefficient (Wildman–Crippen LogP) is 6.32. The Bertz CT molecular complexity index is 349. The molecule has 0 spiro atoms. The summed E-state index contributed by atoms with van der Waals surface area (Å²) in [6.45, 7) is 20.6. The molecule has 0 aromatic carbocycles. The Balaban J connectivity index is -0.000000739. The maximum absolute atomic E-state index is 11.4. The van der Waals surface area contributed by atoms with E-state index in [-0.39, 0.29) is 5.76 Å². The van der Waals surface area contributed by atoms with Crippen molar-refractivity contribution in [3.05, 3.63) is 61.6 Å². The fourth-order valence-corrected chi connectivity index (χ4v) is 0.926. The van der Waals surface area contributed by atoms with Gasteiger partial charge in [-0.15, -0.1) is 0 Å². The number of unbranched alkanes of at least 4 members (excludes halogenated alkanes) is 1. The summed E-state index contributed by atoms with van der Waals surface area (Å²) in [5.41, 5.74) is 0. The molecule has 21 heavy (non-hydrogen) atoms. The van der Waals surface area contributed by atoms with Gasteiger partial charge in [-0.3, -0.25) is 0 Å². The Kier molecular flexibility index (Phi) is 23.2. The van der Waals surface area contributed by atoms with Gasteiger partial charge in [-0.05, 0) is 30.7 Å². The van der Waals surface area contributed by atoms with Crippen LogP contribution in [0.15, 0.2) is 61.6 Å². The second-order valence-corrected chi connectivity index (χ2v) is 3.06. The average Bonchev–Trinajstić information content (AvgIpc) is 2.54. The van der Waals surface area contributed by atoms with E-state index in [9.17, 15) is 4.79 Å². The highest BCUT2D eigenvalue weighted by Gasteiger charge is 2.07. The van der Waals surface area contributed by atoms with E-state index in [1.54, 1.807) is 6.08 Å². The van der Waals surface area contributed by atoms with Crippen LogP contribution in [0.3, 0.4) is 0 Å². The predicted molar refractivity (Wildman–Crippen MR) is 91.9 cm³/mol. The maximum Gasteiger partial charge on any atom is 0.519 e. The van der Waals surface area contributed by atoms with Crippen LogP contribution in [0.1, 0.15) is 47.5 Å². The smallest absolute Gasteiger partial charge is 0.395 e. The van der Waals surface area contributed by atoms with Gasteiger partial charge in [0.15, 0.2) is 0 Å². The van der Waals surface area contributed by atoms with E-state index in [2.05, 4.69) is 19.7 Å². The molecule has 0 aliphatic rings. The highest BCUT2D eigenvalue weighted by Crippen LogP contribution is 2.07. The molecule has 0 rings (SSSR count). The van der Waals surface area contributed by atoms with E-state index in [4.69, 9.17) is 9.47 Å². The molecule has 0 radical (unpaired) electrons. The molecular weight excluding hydrogens is 264 g/mol. The summed E-state index contributed by atoms with van der Waals surface area (Å²) in [6.07, 6.45) is 8.59. The van der Waals surface area contributed by atoms with Gasteiger partial charge >= 0.3 is 6.16 Å². The van der Waals surface area contributed by atoms with Crippen molar-refractivity contribution in [1.82, 2.24) is 0 Å². The second-order valence-electron chi connectivity index (χ2n) is 3.06. The average molecular weight is 294 g/mol. The number of carbonyl (C=O) groups excluding carboxylic acids is 1. The minimum absolute atomic E-state index is 0.281. The number of rotatable bonds is 7. The maximum atomic E-state index is 11.4. The zero-order valence-electron chi connectivity index (χ0n) is 14.1. The molecule has 0 aliphatic heterocycles. The van der Waals surface area contributed by atoms with E-state index >= 15 is 0 Å². The lowest BCUT2D eigenvalue weighted by Gasteiger charge is -2.06. The molecule has 0 aromatic rings. The van der Waals surface area contributed by atoms with Gasteiger partial charge in [-0.2, -0.15) is 0 Å². The van der Waals surface area contributed by atoms with Crippen molar-refractivity contribution >= 4 is 6.16 Å². The van der Waals surface area contributed by atoms with Gasteiger partial charge in [-0.1, -0.05) is 66.9 Å². The molecule has 3 heteroatoms. The number of hydrogen-bond acceptors (Lipinski definition) is 3. The van der Waals surface area contributed by atoms with Crippen molar-refractivity contribution in [2.45, 2.75) is 47.5 Å². The number of hydrogen-bond donors (Lipinski definition) is 0. The monoisotopic (exact) mass is 294 g/mol. The molecule has 3 nitrogen and oxygen atoms in total. The van der Waals surface area contributed by atoms with Crippen LogP contribution in [0, 0.1) is 0 Å². The zero-order chi connectivity index (χ0) is 17.1. The van der Waals surface area contributed by atoms with Crippen LogP contribution in [0.5, 0.6) is 0 Å². The molecule has 0 saturated carbocycles. The fourth-order valence-electron chi connectivity index (χ4n) is 0.926. The summed E-state index contributed by atoms with van der Waals surface area (Å²) in [7, 11) is 0. The summed E-state index contributed by atoms with van der Waals surface area (Å²) in [5.74, 6) is 0.669. The Morgan fingerprint density at radius 3 is 1.81 bits per heavy atom. The van der Waals surface area contributed by atoms with Crippen LogP contribution in [-0.4, -0.2) is 6.16 Å². The van der Waals surface area contributed by atoms with E-state index in [1.165, 1.54) is 24.3 Å². The van der Waals surface area contributed by atoms with Gasteiger partial charge in [-0.25, -0.2) is 4.79 Å². The van der Waals surface area contributed by atoms with Gasteiger partial charge in [0, 0.05) is 0 Å². The molecular formula is C18H30O3. The van der Waals surface area contributed by atoms with Crippen molar-refractivity contribution in [2.75, 3.05) is 0 Å². The van der Waals surface area contributed by atoms with Crippen molar-refractivity contribution in [2.24, 2.45) is 0 Å². The van der Waals surface area contributed by atoms with Gasteiger partial charge in [0.05, 0.1) is 0 Å². The topological polar surface area (TPSA) is 35.5 Å². The Morgan fingerprint density at radius 1 is 0.952 bits per heavy atom. The summed E-state index contributed by atoms with van der Waals surface area (Å²) in [4.78, 5) is 11.4. The van der Waals surface area contributed by atoms with Crippen molar-refractivity contribution < 1.29 is 14.3 Å². The minimum atomic E-state index is -0.819. The van der Waals surface area contributed by atoms with Gasteiger partial charge < -0.3 is 9.47 Å². The fraction of sp³-hybridized carbons (Fsp3) is 0.389. The van der Waals surface area contributed by atoms with Crippen LogP contribution >= 0.6 is 0 Å². The molecule has 0 saturated heterocycles. The lowest BCUT2D eigenvalue weighted by atomic mass is 10.3. The normalized spacial score (nSPS) is 9.95. The molecule has 0 aromatic heterocycles. The highest BCUT2D eigenvalue weighted by molar-refractivity contribution is 5.64. The first-order valence-electron chi connectivity index (χ1n) is 7.35. The second kappa shape index (κ2) is 20.3. The largest absolute Gasteiger partial charge is 0.519 e. The van der Waals surface area contributed by atoms with Crippen molar-refractivity contribution in [3.63, 3.8) is 0 Å². The van der Waals surface area contributed by atoms with Crippen LogP contribution in [0.25, 0.3) is 0 Å². The number of ether oxygens (including phenoxy) is 2. The van der Waals surface area contributed by atoms with Crippen LogP contribution in [0.4, 0.5) is 4.79 Å². The lowest BCUT2D eigenvalue weighted by molar-refractivity contribution is 0.107. The van der Waals surface area contributed by atoms with Crippen LogP contribution in [0.2, 0.25) is 0 Å². The first kappa shape index (κ1) is 24.0. The Hall–Kier alpha value is -2.03. The van der Waals surface area contributed by atoms with E-state index in [0.29, 0.717) is 5.76 Å². The molecule has 120 valence electrons. The molecule has 0 fully saturated rings. The molecule has 0 aliphatic carbocycles. The van der Waals surface area contributed by atoms with Gasteiger partial charge in [0.2, 0.25) is 0 Å². The molecule has 0 N–H and O–H groups in total. The molecule has 0 unspecified atom stereocenters. The third-order valence-corrected chi connectivity index (χ3v) is 1.72. The first-order chi connectivity index (χ1) is 10.2. The molecule has 0 heterocycles. The van der Waals surface area contributed by atoms with Crippen molar-refractivity contribution in [1.29, 1.82) is 0 Å². The summed E-state index contributed by atoms with van der Waals surface area (Å²) >= 11 is 0. The summed E-state index contributed by atoms with van der Waals surface area (Å²) in [5, 5.41) is 0. The lowest BCUT2D eigenvalue weighted by Crippen LogP contribution is -2.05. The van der Waals surface area contributed by atoms with E-state index < -0.39 is 6.16 Å². The third kappa shape index (κ3) is 15.9. The van der Waals surface area contributed by atoms with E-state index in [1.807, 2.05) is 34.6 Å². The highest BCUT2D eigenvalue weighted by atomic mass is 16.7. The van der Waals surface area contributed by atoms with Gasteiger partial charge in [0.1, 0.15) is 11.5 Å². The Labute approximate surface area is 130 Å². The van der Waals surface area contributed by atoms with Crippen molar-refractivity contribution in [3.8, 4) is 0 Å². The molecule has 0 bridgehead atoms. The first-order valence-corrected chi connectivity index (χ1v) is 7.35. The zero-order valence-corrected chi connectivity index (χ0v) is 14.1. The number of carbonyl (C=O) groups is 1. The third-order valence-electron chi connectivity index (χ3n) is 1.72. The number of allylic oxidation sites excluding steroid dienone is 5.